The Bertz CT molecular complexity index is 442. The molecule has 2 rings (SSSR count). The predicted molar refractivity (Wildman–Crippen MR) is 74.3 cm³/mol. The number of urea groups is 1. The van der Waals surface area contributed by atoms with E-state index in [1.807, 2.05) is 4.90 Å². The lowest BCUT2D eigenvalue weighted by Crippen LogP contribution is -2.38. The highest BCUT2D eigenvalue weighted by Gasteiger charge is 2.28. The molecule has 1 atom stereocenters. The van der Waals surface area contributed by atoms with Crippen molar-refractivity contribution in [3.05, 3.63) is 23.5 Å². The molecular weight excluding hydrogens is 266 g/mol. The minimum absolute atomic E-state index is 0.143. The number of hydrogen-bond donors (Lipinski definition) is 2. The minimum atomic E-state index is -0.143. The number of pyridine rings is 1. The molecule has 0 aliphatic carbocycles. The fraction of sp³-hybridized carbons (Fsp3) is 0.538. The van der Waals surface area contributed by atoms with E-state index in [2.05, 4.69) is 10.3 Å². The summed E-state index contributed by atoms with van der Waals surface area (Å²) in [5, 5.41) is 12.0. The third-order valence-corrected chi connectivity index (χ3v) is 3.64. The quantitative estimate of drug-likeness (QED) is 0.835. The molecule has 0 bridgehead atoms. The number of carbonyl (C=O) groups excluding carboxylic acids is 1. The van der Waals surface area contributed by atoms with Gasteiger partial charge in [0.25, 0.3) is 0 Å². The Kier molecular flexibility index (Phi) is 4.99. The molecule has 1 aliphatic rings. The van der Waals surface area contributed by atoms with Gasteiger partial charge in [-0.15, -0.1) is 0 Å². The van der Waals surface area contributed by atoms with Gasteiger partial charge in [-0.05, 0) is 37.8 Å². The van der Waals surface area contributed by atoms with Crippen molar-refractivity contribution in [3.63, 3.8) is 0 Å². The number of halogens is 1. The van der Waals surface area contributed by atoms with Crippen LogP contribution in [0.2, 0.25) is 5.15 Å². The van der Waals surface area contributed by atoms with Crippen LogP contribution in [-0.2, 0) is 0 Å². The number of nitrogens with zero attached hydrogens (tertiary/aromatic N) is 2. The smallest absolute Gasteiger partial charge is 0.322 e. The third kappa shape index (κ3) is 3.58. The average Bonchev–Trinajstić information content (AvgIpc) is 2.87. The van der Waals surface area contributed by atoms with E-state index in [1.54, 1.807) is 18.3 Å². The number of rotatable bonds is 4. The van der Waals surface area contributed by atoms with E-state index in [0.29, 0.717) is 10.8 Å². The van der Waals surface area contributed by atoms with Crippen LogP contribution in [0.25, 0.3) is 0 Å². The monoisotopic (exact) mass is 283 g/mol. The van der Waals surface area contributed by atoms with Crippen LogP contribution in [0, 0.1) is 0 Å². The van der Waals surface area contributed by atoms with Gasteiger partial charge in [-0.3, -0.25) is 0 Å². The lowest BCUT2D eigenvalue weighted by molar-refractivity contribution is 0.197. The van der Waals surface area contributed by atoms with E-state index in [-0.39, 0.29) is 18.7 Å². The SMILES string of the molecule is O=C(Nc1cccnc1Cl)N1CCCC1CCCO. The normalized spacial score (nSPS) is 18.6. The van der Waals surface area contributed by atoms with Crippen LogP contribution in [0.5, 0.6) is 0 Å². The van der Waals surface area contributed by atoms with E-state index in [9.17, 15) is 4.79 Å². The van der Waals surface area contributed by atoms with Gasteiger partial charge in [-0.2, -0.15) is 0 Å². The number of likely N-dealkylation sites (tertiary alicyclic amines) is 1. The highest BCUT2D eigenvalue weighted by molar-refractivity contribution is 6.32. The zero-order valence-electron chi connectivity index (χ0n) is 10.7. The van der Waals surface area contributed by atoms with Gasteiger partial charge in [0.05, 0.1) is 5.69 Å². The summed E-state index contributed by atoms with van der Waals surface area (Å²) in [4.78, 5) is 18.0. The van der Waals surface area contributed by atoms with Crippen molar-refractivity contribution < 1.29 is 9.90 Å². The van der Waals surface area contributed by atoms with E-state index in [4.69, 9.17) is 16.7 Å². The lowest BCUT2D eigenvalue weighted by Gasteiger charge is -2.25. The third-order valence-electron chi connectivity index (χ3n) is 3.33. The van der Waals surface area contributed by atoms with E-state index >= 15 is 0 Å². The maximum absolute atomic E-state index is 12.2. The Morgan fingerprint density at radius 2 is 2.47 bits per heavy atom. The number of hydrogen-bond acceptors (Lipinski definition) is 3. The maximum atomic E-state index is 12.2. The fourth-order valence-corrected chi connectivity index (χ4v) is 2.56. The first-order valence-electron chi connectivity index (χ1n) is 6.51. The molecule has 1 aromatic rings. The number of amides is 2. The van der Waals surface area contributed by atoms with Crippen molar-refractivity contribution in [1.82, 2.24) is 9.88 Å². The second-order valence-electron chi connectivity index (χ2n) is 4.63. The molecule has 1 aromatic heterocycles. The second-order valence-corrected chi connectivity index (χ2v) is 4.99. The predicted octanol–water partition coefficient (Wildman–Crippen LogP) is 2.50. The molecule has 0 saturated carbocycles. The van der Waals surface area contributed by atoms with Crippen molar-refractivity contribution in [3.8, 4) is 0 Å². The van der Waals surface area contributed by atoms with E-state index in [0.717, 1.165) is 32.2 Å². The molecule has 19 heavy (non-hydrogen) atoms. The maximum Gasteiger partial charge on any atom is 0.322 e. The molecule has 6 heteroatoms. The van der Waals surface area contributed by atoms with Crippen molar-refractivity contribution in [2.75, 3.05) is 18.5 Å². The Morgan fingerprint density at radius 3 is 3.21 bits per heavy atom. The Hall–Kier alpha value is -1.33. The Balaban J connectivity index is 1.97. The molecule has 104 valence electrons. The number of anilines is 1. The molecule has 1 aliphatic heterocycles. The second kappa shape index (κ2) is 6.73. The van der Waals surface area contributed by atoms with E-state index in [1.165, 1.54) is 0 Å². The van der Waals surface area contributed by atoms with Crippen molar-refractivity contribution in [1.29, 1.82) is 0 Å². The molecule has 1 fully saturated rings. The number of carbonyl (C=O) groups is 1. The summed E-state index contributed by atoms with van der Waals surface area (Å²) in [5.74, 6) is 0. The van der Waals surface area contributed by atoms with Gasteiger partial charge in [0.1, 0.15) is 0 Å². The molecule has 2 heterocycles. The zero-order chi connectivity index (χ0) is 13.7. The van der Waals surface area contributed by atoms with Crippen LogP contribution in [0.4, 0.5) is 10.5 Å². The molecule has 0 radical (unpaired) electrons. The summed E-state index contributed by atoms with van der Waals surface area (Å²) in [6.07, 6.45) is 5.14. The van der Waals surface area contributed by atoms with Gasteiger partial charge >= 0.3 is 6.03 Å². The van der Waals surface area contributed by atoms with Crippen molar-refractivity contribution >= 4 is 23.3 Å². The van der Waals surface area contributed by atoms with Crippen LogP contribution in [-0.4, -0.2) is 40.2 Å². The first kappa shape index (κ1) is 14.1. The minimum Gasteiger partial charge on any atom is -0.396 e. The first-order valence-corrected chi connectivity index (χ1v) is 6.89. The summed E-state index contributed by atoms with van der Waals surface area (Å²) < 4.78 is 0. The van der Waals surface area contributed by atoms with Crippen molar-refractivity contribution in [2.24, 2.45) is 0 Å². The van der Waals surface area contributed by atoms with Gasteiger partial charge in [0.15, 0.2) is 5.15 Å². The molecule has 0 spiro atoms. The molecule has 1 saturated heterocycles. The Morgan fingerprint density at radius 1 is 1.63 bits per heavy atom. The van der Waals surface area contributed by atoms with Gasteiger partial charge in [0.2, 0.25) is 0 Å². The summed E-state index contributed by atoms with van der Waals surface area (Å²) in [5.41, 5.74) is 0.530. The highest BCUT2D eigenvalue weighted by atomic mass is 35.5. The highest BCUT2D eigenvalue weighted by Crippen LogP contribution is 2.24. The molecular formula is C13H18ClN3O2. The first-order chi connectivity index (χ1) is 9.22. The van der Waals surface area contributed by atoms with Crippen LogP contribution in [0.1, 0.15) is 25.7 Å². The lowest BCUT2D eigenvalue weighted by atomic mass is 10.1. The molecule has 2 N–H and O–H groups in total. The Labute approximate surface area is 117 Å². The standard InChI is InChI=1S/C13H18ClN3O2/c14-12-11(6-1-7-15-12)16-13(19)17-8-2-4-10(17)5-3-9-18/h1,6-7,10,18H,2-5,8-9H2,(H,16,19). The van der Waals surface area contributed by atoms with Crippen molar-refractivity contribution in [2.45, 2.75) is 31.7 Å². The van der Waals surface area contributed by atoms with Gasteiger partial charge in [-0.25, -0.2) is 9.78 Å². The number of aliphatic hydroxyl groups is 1. The fourth-order valence-electron chi connectivity index (χ4n) is 2.40. The van der Waals surface area contributed by atoms with E-state index < -0.39 is 0 Å². The molecule has 0 aromatic carbocycles. The summed E-state index contributed by atoms with van der Waals surface area (Å²) in [7, 11) is 0. The summed E-state index contributed by atoms with van der Waals surface area (Å²) in [6.45, 7) is 0.917. The summed E-state index contributed by atoms with van der Waals surface area (Å²) in [6, 6.07) is 3.53. The van der Waals surface area contributed by atoms with Crippen LogP contribution in [0.15, 0.2) is 18.3 Å². The van der Waals surface area contributed by atoms with Gasteiger partial charge in [0, 0.05) is 25.4 Å². The average molecular weight is 284 g/mol. The number of aromatic nitrogens is 1. The van der Waals surface area contributed by atoms with Crippen LogP contribution < -0.4 is 5.32 Å². The molecule has 5 nitrogen and oxygen atoms in total. The molecule has 2 amide bonds. The largest absolute Gasteiger partial charge is 0.396 e. The number of aliphatic hydroxyl groups excluding tert-OH is 1. The molecule has 1 unspecified atom stereocenters. The van der Waals surface area contributed by atoms with Crippen LogP contribution in [0.3, 0.4) is 0 Å². The zero-order valence-corrected chi connectivity index (χ0v) is 11.4. The van der Waals surface area contributed by atoms with Gasteiger partial charge in [-0.1, -0.05) is 11.6 Å². The van der Waals surface area contributed by atoms with Crippen LogP contribution >= 0.6 is 11.6 Å². The van der Waals surface area contributed by atoms with Gasteiger partial charge < -0.3 is 15.3 Å². The summed E-state index contributed by atoms with van der Waals surface area (Å²) >= 11 is 5.92. The number of nitrogens with one attached hydrogen (secondary N) is 1. The topological polar surface area (TPSA) is 65.5 Å².